The molecule has 190 valence electrons. The topological polar surface area (TPSA) is 52.6 Å². The minimum atomic E-state index is -0.677. The summed E-state index contributed by atoms with van der Waals surface area (Å²) in [6, 6.07) is 34.8. The molecule has 2 bridgehead atoms. The highest BCUT2D eigenvalue weighted by Gasteiger charge is 2.62. The molecule has 7 rings (SSSR count). The van der Waals surface area contributed by atoms with E-state index in [-0.39, 0.29) is 5.92 Å². The molecule has 3 aliphatic carbocycles. The van der Waals surface area contributed by atoms with Crippen molar-refractivity contribution < 1.29 is 19.1 Å². The van der Waals surface area contributed by atoms with Crippen LogP contribution in [0.3, 0.4) is 0 Å². The van der Waals surface area contributed by atoms with Gasteiger partial charge in [-0.25, -0.2) is 9.59 Å². The summed E-state index contributed by atoms with van der Waals surface area (Å²) in [5, 5.41) is 0. The molecule has 4 nitrogen and oxygen atoms in total. The number of fused-ring (bicyclic) bond motifs is 1. The first kappa shape index (κ1) is 24.2. The van der Waals surface area contributed by atoms with Crippen molar-refractivity contribution in [3.63, 3.8) is 0 Å². The molecule has 0 spiro atoms. The molecule has 4 aromatic carbocycles. The van der Waals surface area contributed by atoms with Crippen LogP contribution in [0.25, 0.3) is 0 Å². The molecule has 0 aromatic heterocycles. The molecule has 2 atom stereocenters. The van der Waals surface area contributed by atoms with Crippen molar-refractivity contribution >= 4 is 11.9 Å². The normalized spacial score (nSPS) is 22.7. The maximum absolute atomic E-state index is 13.6. The zero-order valence-electron chi connectivity index (χ0n) is 21.4. The third kappa shape index (κ3) is 3.83. The Hall–Kier alpha value is -4.18. The number of carbonyl (C=O) groups excluding carboxylic acids is 2. The van der Waals surface area contributed by atoms with E-state index in [0.717, 1.165) is 41.5 Å². The molecule has 0 aliphatic heterocycles. The van der Waals surface area contributed by atoms with Crippen LogP contribution in [0.2, 0.25) is 0 Å². The number of hydrogen-bond acceptors (Lipinski definition) is 4. The summed E-state index contributed by atoms with van der Waals surface area (Å²) >= 11 is 0. The zero-order valence-corrected chi connectivity index (χ0v) is 21.4. The summed E-state index contributed by atoms with van der Waals surface area (Å²) in [5.74, 6) is -1.06. The van der Waals surface area contributed by atoms with Gasteiger partial charge in [-0.15, -0.1) is 0 Å². The van der Waals surface area contributed by atoms with Gasteiger partial charge in [0.1, 0.15) is 0 Å². The Kier molecular flexibility index (Phi) is 6.32. The summed E-state index contributed by atoms with van der Waals surface area (Å²) in [7, 11) is 0. The van der Waals surface area contributed by atoms with E-state index in [1.165, 1.54) is 0 Å². The predicted octanol–water partition coefficient (Wildman–Crippen LogP) is 7.07. The van der Waals surface area contributed by atoms with Crippen LogP contribution in [-0.4, -0.2) is 24.1 Å². The van der Waals surface area contributed by atoms with Gasteiger partial charge in [0.15, 0.2) is 12.2 Å². The van der Waals surface area contributed by atoms with Crippen LogP contribution < -0.4 is 0 Å². The summed E-state index contributed by atoms with van der Waals surface area (Å²) < 4.78 is 12.8. The van der Waals surface area contributed by atoms with Crippen LogP contribution in [0.5, 0.6) is 0 Å². The molecule has 2 unspecified atom stereocenters. The number of benzene rings is 4. The largest absolute Gasteiger partial charge is 0.454 e. The molecule has 4 heteroatoms. The van der Waals surface area contributed by atoms with Gasteiger partial charge >= 0.3 is 11.9 Å². The fourth-order valence-electron chi connectivity index (χ4n) is 6.47. The second-order valence-corrected chi connectivity index (χ2v) is 10.2. The fraction of sp³-hybridized carbons (Fsp3) is 0.235. The number of esters is 2. The zero-order chi connectivity index (χ0) is 26.1. The summed E-state index contributed by atoms with van der Waals surface area (Å²) in [6.07, 6.45) is 1.35. The lowest BCUT2D eigenvalue weighted by Gasteiger charge is -2.56. The third-order valence-corrected chi connectivity index (χ3v) is 8.09. The lowest BCUT2D eigenvalue weighted by atomic mass is 9.51. The molecule has 0 saturated heterocycles. The Morgan fingerprint density at radius 2 is 1.13 bits per heavy atom. The number of unbranched alkanes of at least 4 members (excludes halogenated alkanes) is 1. The van der Waals surface area contributed by atoms with Crippen LogP contribution in [0.4, 0.5) is 0 Å². The van der Waals surface area contributed by atoms with Gasteiger partial charge in [-0.3, -0.25) is 0 Å². The number of rotatable bonds is 7. The summed E-state index contributed by atoms with van der Waals surface area (Å²) in [5.41, 5.74) is 4.93. The van der Waals surface area contributed by atoms with Crippen molar-refractivity contribution in [2.24, 2.45) is 0 Å². The Bertz CT molecular complexity index is 1410. The van der Waals surface area contributed by atoms with Crippen LogP contribution in [-0.2, 0) is 14.9 Å². The van der Waals surface area contributed by atoms with Gasteiger partial charge in [0.2, 0.25) is 0 Å². The summed E-state index contributed by atoms with van der Waals surface area (Å²) in [4.78, 5) is 27.0. The van der Waals surface area contributed by atoms with Crippen LogP contribution in [0, 0.1) is 0 Å². The van der Waals surface area contributed by atoms with Gasteiger partial charge in [-0.2, -0.15) is 0 Å². The van der Waals surface area contributed by atoms with E-state index in [2.05, 4.69) is 43.3 Å². The number of ether oxygens (including phenoxy) is 2. The average molecular weight is 503 g/mol. The smallest absolute Gasteiger partial charge is 0.338 e. The van der Waals surface area contributed by atoms with Crippen LogP contribution in [0.1, 0.15) is 75.1 Å². The van der Waals surface area contributed by atoms with E-state index in [9.17, 15) is 9.59 Å². The minimum absolute atomic E-state index is 0.243. The molecule has 0 heterocycles. The van der Waals surface area contributed by atoms with Gasteiger partial charge in [-0.05, 0) is 52.9 Å². The first-order valence-corrected chi connectivity index (χ1v) is 13.4. The lowest BCUT2D eigenvalue weighted by Crippen LogP contribution is -2.61. The molecule has 0 fully saturated rings. The number of carbonyl (C=O) groups is 2. The molecule has 0 N–H and O–H groups in total. The second-order valence-electron chi connectivity index (χ2n) is 10.2. The van der Waals surface area contributed by atoms with Crippen molar-refractivity contribution in [2.45, 2.75) is 49.7 Å². The van der Waals surface area contributed by atoms with Gasteiger partial charge in [0.05, 0.1) is 22.5 Å². The van der Waals surface area contributed by atoms with E-state index >= 15 is 0 Å². The average Bonchev–Trinajstić information content (AvgIpc) is 2.98. The SMILES string of the molecule is CCCCC12c3ccccc3C(c3ccccc31)C(OC(=O)c1ccccc1)C2OC(=O)c1ccccc1. The van der Waals surface area contributed by atoms with Crippen LogP contribution >= 0.6 is 0 Å². The monoisotopic (exact) mass is 502 g/mol. The minimum Gasteiger partial charge on any atom is -0.454 e. The highest BCUT2D eigenvalue weighted by Crippen LogP contribution is 2.60. The maximum Gasteiger partial charge on any atom is 0.338 e. The quantitative estimate of drug-likeness (QED) is 0.254. The van der Waals surface area contributed by atoms with E-state index in [4.69, 9.17) is 9.47 Å². The van der Waals surface area contributed by atoms with Crippen molar-refractivity contribution in [2.75, 3.05) is 0 Å². The fourth-order valence-corrected chi connectivity index (χ4v) is 6.47. The molecule has 38 heavy (non-hydrogen) atoms. The number of hydrogen-bond donors (Lipinski definition) is 0. The molecule has 4 aromatic rings. The molecule has 0 saturated carbocycles. The Labute approximate surface area is 223 Å². The van der Waals surface area contributed by atoms with E-state index in [1.54, 1.807) is 24.3 Å². The first-order valence-electron chi connectivity index (χ1n) is 13.4. The van der Waals surface area contributed by atoms with Crippen molar-refractivity contribution in [1.29, 1.82) is 0 Å². The Balaban J connectivity index is 1.54. The van der Waals surface area contributed by atoms with E-state index < -0.39 is 29.6 Å². The lowest BCUT2D eigenvalue weighted by molar-refractivity contribution is -0.0784. The van der Waals surface area contributed by atoms with Crippen molar-refractivity contribution in [1.82, 2.24) is 0 Å². The van der Waals surface area contributed by atoms with Crippen molar-refractivity contribution in [3.8, 4) is 0 Å². The highest BCUT2D eigenvalue weighted by molar-refractivity contribution is 5.91. The third-order valence-electron chi connectivity index (χ3n) is 8.09. The highest BCUT2D eigenvalue weighted by atomic mass is 16.6. The second kappa shape index (κ2) is 9.94. The predicted molar refractivity (Wildman–Crippen MR) is 146 cm³/mol. The van der Waals surface area contributed by atoms with Gasteiger partial charge < -0.3 is 9.47 Å². The summed E-state index contributed by atoms with van der Waals surface area (Å²) in [6.45, 7) is 2.17. The molecule has 0 amide bonds. The standard InChI is InChI=1S/C34H30O4/c1-2-3-22-34-27-20-12-10-18-25(27)29(26-19-11-13-21-28(26)34)30(37-32(35)23-14-6-4-7-15-23)31(34)38-33(36)24-16-8-5-9-17-24/h4-21,29-31H,2-3,22H2,1H3. The first-order chi connectivity index (χ1) is 18.6. The van der Waals surface area contributed by atoms with E-state index in [1.807, 2.05) is 48.5 Å². The molecular weight excluding hydrogens is 472 g/mol. The molecule has 0 radical (unpaired) electrons. The molecule has 3 aliphatic rings. The van der Waals surface area contributed by atoms with Gasteiger partial charge in [0, 0.05) is 0 Å². The van der Waals surface area contributed by atoms with Crippen molar-refractivity contribution in [3.05, 3.63) is 143 Å². The Morgan fingerprint density at radius 3 is 1.66 bits per heavy atom. The van der Waals surface area contributed by atoms with Crippen LogP contribution in [0.15, 0.2) is 109 Å². The van der Waals surface area contributed by atoms with E-state index in [0.29, 0.717) is 11.1 Å². The molecular formula is C34H30O4. The maximum atomic E-state index is 13.6. The van der Waals surface area contributed by atoms with Gasteiger partial charge in [-0.1, -0.05) is 105 Å². The Morgan fingerprint density at radius 1 is 0.658 bits per heavy atom. The van der Waals surface area contributed by atoms with Gasteiger partial charge in [0.25, 0.3) is 0 Å².